The summed E-state index contributed by atoms with van der Waals surface area (Å²) in [7, 11) is 0. The minimum Gasteiger partial charge on any atom is -0.449 e. The van der Waals surface area contributed by atoms with Crippen molar-refractivity contribution in [1.29, 1.82) is 0 Å². The van der Waals surface area contributed by atoms with E-state index in [4.69, 9.17) is 9.47 Å². The van der Waals surface area contributed by atoms with Gasteiger partial charge in [0.15, 0.2) is 23.0 Å². The zero-order valence-corrected chi connectivity index (χ0v) is 17.8. The van der Waals surface area contributed by atoms with Crippen LogP contribution in [0.15, 0.2) is 85.5 Å². The molecule has 3 aliphatic rings. The summed E-state index contributed by atoms with van der Waals surface area (Å²) in [5.74, 6) is 3.91. The molecule has 0 fully saturated rings. The lowest BCUT2D eigenvalue weighted by molar-refractivity contribution is 0.354. The average Bonchev–Trinajstić information content (AvgIpc) is 3.04. The van der Waals surface area contributed by atoms with Crippen LogP contribution in [-0.4, -0.2) is 0 Å². The van der Waals surface area contributed by atoms with E-state index in [2.05, 4.69) is 81.1 Å². The largest absolute Gasteiger partial charge is 0.449 e. The van der Waals surface area contributed by atoms with Gasteiger partial charge in [-0.15, -0.1) is 0 Å². The first kappa shape index (κ1) is 18.3. The van der Waals surface area contributed by atoms with Crippen LogP contribution in [0.2, 0.25) is 0 Å². The number of allylic oxidation sites excluding steroid dienone is 4. The molecule has 0 radical (unpaired) electrons. The maximum absolute atomic E-state index is 6.51. The number of benzene rings is 3. The fourth-order valence-electron chi connectivity index (χ4n) is 5.42. The highest BCUT2D eigenvalue weighted by Crippen LogP contribution is 2.60. The predicted octanol–water partition coefficient (Wildman–Crippen LogP) is 8.01. The highest BCUT2D eigenvalue weighted by atomic mass is 16.6. The SMILES string of the molecule is C=Cc1ccccc1-c1ccc2c(c1)Oc1ccc3c(c1O2)C1C=CC=CC1C3(C)C. The van der Waals surface area contributed by atoms with Gasteiger partial charge in [0.05, 0.1) is 0 Å². The van der Waals surface area contributed by atoms with E-state index in [1.54, 1.807) is 0 Å². The normalized spacial score (nSPS) is 21.2. The average molecular weight is 405 g/mol. The Bertz CT molecular complexity index is 1290. The van der Waals surface area contributed by atoms with Crippen molar-refractivity contribution in [2.24, 2.45) is 5.92 Å². The summed E-state index contributed by atoms with van der Waals surface area (Å²) in [4.78, 5) is 0. The number of hydrogen-bond donors (Lipinski definition) is 0. The molecular formula is C29H24O2. The standard InChI is InChI=1S/C29H24O2/c1-4-18-9-5-6-10-20(18)19-13-15-24-26(17-19)30-25-16-14-23-27(28(25)31-24)21-11-7-8-12-22(21)29(23,2)3/h4-17,21-22H,1H2,2-3H3. The maximum atomic E-state index is 6.51. The van der Waals surface area contributed by atoms with Gasteiger partial charge in [0.2, 0.25) is 0 Å². The Hall–Kier alpha value is -3.52. The van der Waals surface area contributed by atoms with Gasteiger partial charge in [-0.2, -0.15) is 0 Å². The Kier molecular flexibility index (Phi) is 3.82. The molecule has 31 heavy (non-hydrogen) atoms. The Morgan fingerprint density at radius 1 is 0.871 bits per heavy atom. The van der Waals surface area contributed by atoms with Gasteiger partial charge in [0.25, 0.3) is 0 Å². The van der Waals surface area contributed by atoms with Crippen LogP contribution in [0, 0.1) is 5.92 Å². The van der Waals surface area contributed by atoms with Crippen LogP contribution in [0.25, 0.3) is 17.2 Å². The van der Waals surface area contributed by atoms with Crippen LogP contribution in [0.4, 0.5) is 0 Å². The van der Waals surface area contributed by atoms with Crippen molar-refractivity contribution in [2.45, 2.75) is 25.2 Å². The van der Waals surface area contributed by atoms with Gasteiger partial charge in [-0.25, -0.2) is 0 Å². The zero-order chi connectivity index (χ0) is 21.2. The van der Waals surface area contributed by atoms with Crippen LogP contribution in [0.1, 0.15) is 36.5 Å². The molecule has 0 N–H and O–H groups in total. The van der Waals surface area contributed by atoms with Crippen LogP contribution in [0.3, 0.4) is 0 Å². The molecule has 2 unspecified atom stereocenters. The van der Waals surface area contributed by atoms with Crippen molar-refractivity contribution in [2.75, 3.05) is 0 Å². The van der Waals surface area contributed by atoms with E-state index < -0.39 is 0 Å². The Balaban J connectivity index is 1.44. The zero-order valence-electron chi connectivity index (χ0n) is 17.8. The molecule has 1 aliphatic heterocycles. The minimum absolute atomic E-state index is 0.0538. The molecule has 2 aliphatic carbocycles. The van der Waals surface area contributed by atoms with Gasteiger partial charge in [0, 0.05) is 11.5 Å². The van der Waals surface area contributed by atoms with Crippen molar-refractivity contribution < 1.29 is 9.47 Å². The van der Waals surface area contributed by atoms with Gasteiger partial charge >= 0.3 is 0 Å². The van der Waals surface area contributed by atoms with Crippen LogP contribution >= 0.6 is 0 Å². The summed E-state index contributed by atoms with van der Waals surface area (Å²) in [5.41, 5.74) is 5.98. The lowest BCUT2D eigenvalue weighted by atomic mass is 9.74. The van der Waals surface area contributed by atoms with E-state index >= 15 is 0 Å². The third-order valence-electron chi connectivity index (χ3n) is 7.02. The number of fused-ring (bicyclic) bond motifs is 6. The van der Waals surface area contributed by atoms with Crippen molar-refractivity contribution in [3.8, 4) is 34.1 Å². The third-order valence-corrected chi connectivity index (χ3v) is 7.02. The molecule has 2 heteroatoms. The Morgan fingerprint density at radius 3 is 2.55 bits per heavy atom. The molecule has 0 saturated carbocycles. The van der Waals surface area contributed by atoms with Gasteiger partial charge in [0.1, 0.15) is 0 Å². The van der Waals surface area contributed by atoms with Gasteiger partial charge in [-0.05, 0) is 51.8 Å². The van der Waals surface area contributed by atoms with Crippen molar-refractivity contribution in [3.05, 3.63) is 102 Å². The first-order valence-electron chi connectivity index (χ1n) is 10.8. The molecule has 6 rings (SSSR count). The molecule has 1 heterocycles. The van der Waals surface area contributed by atoms with Crippen molar-refractivity contribution in [3.63, 3.8) is 0 Å². The highest BCUT2D eigenvalue weighted by Gasteiger charge is 2.47. The van der Waals surface area contributed by atoms with Crippen LogP contribution in [0.5, 0.6) is 23.0 Å². The molecule has 3 aromatic rings. The molecule has 0 aromatic heterocycles. The van der Waals surface area contributed by atoms with E-state index in [0.717, 1.165) is 39.7 Å². The monoisotopic (exact) mass is 404 g/mol. The second-order valence-corrected chi connectivity index (χ2v) is 9.05. The van der Waals surface area contributed by atoms with Crippen LogP contribution < -0.4 is 9.47 Å². The molecule has 0 spiro atoms. The second kappa shape index (κ2) is 6.49. The first-order chi connectivity index (χ1) is 15.1. The van der Waals surface area contributed by atoms with Crippen LogP contribution in [-0.2, 0) is 5.41 Å². The molecule has 0 bridgehead atoms. The van der Waals surface area contributed by atoms with E-state index in [-0.39, 0.29) is 5.41 Å². The maximum Gasteiger partial charge on any atom is 0.174 e. The number of hydrogen-bond acceptors (Lipinski definition) is 2. The van der Waals surface area contributed by atoms with Crippen molar-refractivity contribution in [1.82, 2.24) is 0 Å². The fourth-order valence-corrected chi connectivity index (χ4v) is 5.42. The predicted molar refractivity (Wildman–Crippen MR) is 126 cm³/mol. The summed E-state index contributed by atoms with van der Waals surface area (Å²) in [6, 6.07) is 18.7. The topological polar surface area (TPSA) is 18.5 Å². The molecular weight excluding hydrogens is 380 g/mol. The van der Waals surface area contributed by atoms with Gasteiger partial charge in [-0.3, -0.25) is 0 Å². The van der Waals surface area contributed by atoms with E-state index in [1.807, 2.05) is 24.3 Å². The summed E-state index contributed by atoms with van der Waals surface area (Å²) < 4.78 is 12.9. The second-order valence-electron chi connectivity index (χ2n) is 9.05. The Morgan fingerprint density at radius 2 is 1.68 bits per heavy atom. The molecule has 0 saturated heterocycles. The van der Waals surface area contributed by atoms with Crippen molar-refractivity contribution >= 4 is 6.08 Å². The molecule has 152 valence electrons. The van der Waals surface area contributed by atoms with Gasteiger partial charge < -0.3 is 9.47 Å². The summed E-state index contributed by atoms with van der Waals surface area (Å²) in [6.45, 7) is 8.60. The fraction of sp³-hybridized carbons (Fsp3) is 0.172. The molecule has 0 amide bonds. The highest BCUT2D eigenvalue weighted by molar-refractivity contribution is 5.77. The Labute approximate surface area is 183 Å². The molecule has 3 aromatic carbocycles. The summed E-state index contributed by atoms with van der Waals surface area (Å²) >= 11 is 0. The van der Waals surface area contributed by atoms with Gasteiger partial charge in [-0.1, -0.05) is 87.2 Å². The summed E-state index contributed by atoms with van der Waals surface area (Å²) in [5, 5.41) is 0. The number of rotatable bonds is 2. The smallest absolute Gasteiger partial charge is 0.174 e. The van der Waals surface area contributed by atoms with E-state index in [9.17, 15) is 0 Å². The summed E-state index contributed by atoms with van der Waals surface area (Å²) in [6.07, 6.45) is 10.8. The minimum atomic E-state index is 0.0538. The quantitative estimate of drug-likeness (QED) is 0.337. The first-order valence-corrected chi connectivity index (χ1v) is 10.8. The van der Waals surface area contributed by atoms with E-state index in [0.29, 0.717) is 11.8 Å². The lowest BCUT2D eigenvalue weighted by Crippen LogP contribution is -2.24. The van der Waals surface area contributed by atoms with E-state index in [1.165, 1.54) is 11.1 Å². The molecule has 2 atom stereocenters. The number of ether oxygens (including phenoxy) is 2. The third kappa shape index (κ3) is 2.58. The molecule has 2 nitrogen and oxygen atoms in total. The lowest BCUT2D eigenvalue weighted by Gasteiger charge is -2.29.